The molecule has 0 radical (unpaired) electrons. The van der Waals surface area contributed by atoms with E-state index in [1.807, 2.05) is 65.8 Å². The molecule has 7 rings (SSSR count). The van der Waals surface area contributed by atoms with Gasteiger partial charge in [-0.3, -0.25) is 19.2 Å². The van der Waals surface area contributed by atoms with Gasteiger partial charge in [0.15, 0.2) is 0 Å². The van der Waals surface area contributed by atoms with E-state index < -0.39 is 81.6 Å². The van der Waals surface area contributed by atoms with E-state index in [-0.39, 0.29) is 43.9 Å². The summed E-state index contributed by atoms with van der Waals surface area (Å²) in [6, 6.07) is 16.6. The van der Waals surface area contributed by atoms with Crippen molar-refractivity contribution in [1.82, 2.24) is 40.8 Å². The first-order valence-corrected chi connectivity index (χ1v) is 24.4. The summed E-state index contributed by atoms with van der Waals surface area (Å²) in [5, 5.41) is 37.1. The molecule has 2 aliphatic rings. The van der Waals surface area contributed by atoms with Gasteiger partial charge in [-0.05, 0) is 72.9 Å². The number of aromatic nitrogens is 4. The number of nitrogens with one attached hydrogen (secondary N) is 3. The number of amides is 4. The fourth-order valence-corrected chi connectivity index (χ4v) is 10.8. The summed E-state index contributed by atoms with van der Waals surface area (Å²) in [6.45, 7) is 16.4. The molecular weight excluding hydrogens is 952 g/mol. The SMILES string of the molecule is Cc1ncsc1-c1ccc(C(C)NC(=O)[C@@H]2C[C@@H](O)CN2C(=O)[C@@H](NC(=O)COCCc2cn(-c3ccc(C(=O)N[C@H]4C(C)(C)[C@H](Oc5ccc(C#N)c(C(F)(F)F)c5)C4(C)C)cc3)nn2)C(C)(C)C)cc1. The number of hydrogen-bond acceptors (Lipinski definition) is 12. The highest BCUT2D eigenvalue weighted by atomic mass is 32.1. The quantitative estimate of drug-likeness (QED) is 0.0730. The second-order valence-electron chi connectivity index (χ2n) is 20.7. The molecule has 0 spiro atoms. The van der Waals surface area contributed by atoms with Gasteiger partial charge in [-0.1, -0.05) is 77.9 Å². The van der Waals surface area contributed by atoms with Gasteiger partial charge in [0, 0.05) is 41.8 Å². The number of likely N-dealkylation sites (tertiary alicyclic amines) is 1. The average molecular weight is 1010 g/mol. The van der Waals surface area contributed by atoms with Crippen LogP contribution >= 0.6 is 11.3 Å². The number of halogens is 3. The van der Waals surface area contributed by atoms with Crippen molar-refractivity contribution in [3.8, 4) is 27.9 Å². The maximum absolute atomic E-state index is 14.1. The number of rotatable bonds is 16. The lowest BCUT2D eigenvalue weighted by Gasteiger charge is -2.63. The molecule has 1 saturated heterocycles. The first-order valence-electron chi connectivity index (χ1n) is 23.6. The Hall–Kier alpha value is -6.69. The number of benzene rings is 3. The van der Waals surface area contributed by atoms with Gasteiger partial charge < -0.3 is 35.4 Å². The molecule has 4 N–H and O–H groups in total. The Balaban J connectivity index is 0.876. The maximum atomic E-state index is 14.1. The summed E-state index contributed by atoms with van der Waals surface area (Å²) >= 11 is 1.56. The largest absolute Gasteiger partial charge is 0.489 e. The molecule has 16 nitrogen and oxygen atoms in total. The van der Waals surface area contributed by atoms with Gasteiger partial charge in [0.25, 0.3) is 5.91 Å². The summed E-state index contributed by atoms with van der Waals surface area (Å²) in [5.41, 5.74) is 2.51. The molecule has 4 atom stereocenters. The predicted octanol–water partition coefficient (Wildman–Crippen LogP) is 7.13. The number of thiazole rings is 1. The average Bonchev–Trinajstić information content (AvgIpc) is 4.09. The monoisotopic (exact) mass is 1010 g/mol. The van der Waals surface area contributed by atoms with Crippen LogP contribution in [0.4, 0.5) is 13.2 Å². The molecule has 72 heavy (non-hydrogen) atoms. The van der Waals surface area contributed by atoms with E-state index in [1.165, 1.54) is 15.6 Å². The molecule has 4 amide bonds. The summed E-state index contributed by atoms with van der Waals surface area (Å²) in [4.78, 5) is 61.3. The van der Waals surface area contributed by atoms with E-state index in [4.69, 9.17) is 9.47 Å². The smallest absolute Gasteiger partial charge is 0.417 e. The van der Waals surface area contributed by atoms with Crippen molar-refractivity contribution >= 4 is 35.0 Å². The highest BCUT2D eigenvalue weighted by molar-refractivity contribution is 7.13. The second-order valence-corrected chi connectivity index (χ2v) is 21.6. The number of β-amino-alcohol motifs (C(OH)–C–C–N with tert-alkyl or cyclic N) is 1. The fourth-order valence-electron chi connectivity index (χ4n) is 9.94. The van der Waals surface area contributed by atoms with Crippen molar-refractivity contribution in [3.05, 3.63) is 112 Å². The van der Waals surface area contributed by atoms with Gasteiger partial charge in [-0.25, -0.2) is 9.67 Å². The van der Waals surface area contributed by atoms with Gasteiger partial charge in [-0.15, -0.1) is 16.4 Å². The minimum atomic E-state index is -4.73. The Kier molecular flexibility index (Phi) is 15.3. The van der Waals surface area contributed by atoms with Crippen LogP contribution in [0.1, 0.15) is 106 Å². The van der Waals surface area contributed by atoms with Gasteiger partial charge in [0.1, 0.15) is 30.5 Å². The fraction of sp³-hybridized carbons (Fsp3) is 0.462. The van der Waals surface area contributed by atoms with Crippen LogP contribution < -0.4 is 20.7 Å². The van der Waals surface area contributed by atoms with Crippen LogP contribution in [-0.4, -0.2) is 104 Å². The minimum Gasteiger partial charge on any atom is -0.489 e. The first-order chi connectivity index (χ1) is 33.8. The van der Waals surface area contributed by atoms with Gasteiger partial charge in [-0.2, -0.15) is 18.4 Å². The summed E-state index contributed by atoms with van der Waals surface area (Å²) < 4.78 is 54.2. The van der Waals surface area contributed by atoms with E-state index >= 15 is 0 Å². The number of aliphatic hydroxyl groups is 1. The number of hydrogen-bond donors (Lipinski definition) is 4. The molecule has 1 saturated carbocycles. The lowest BCUT2D eigenvalue weighted by Crippen LogP contribution is -2.74. The van der Waals surface area contributed by atoms with Crippen molar-refractivity contribution in [3.63, 3.8) is 0 Å². The second kappa shape index (κ2) is 20.8. The Morgan fingerprint density at radius 3 is 2.28 bits per heavy atom. The highest BCUT2D eigenvalue weighted by Crippen LogP contribution is 2.56. The van der Waals surface area contributed by atoms with E-state index in [0.717, 1.165) is 33.8 Å². The molecule has 1 aliphatic heterocycles. The highest BCUT2D eigenvalue weighted by Gasteiger charge is 2.64. The Morgan fingerprint density at radius 1 is 0.986 bits per heavy atom. The third kappa shape index (κ3) is 11.5. The Bertz CT molecular complexity index is 2820. The Morgan fingerprint density at radius 2 is 1.67 bits per heavy atom. The van der Waals surface area contributed by atoms with E-state index in [2.05, 4.69) is 31.2 Å². The first kappa shape index (κ1) is 53.1. The van der Waals surface area contributed by atoms with Crippen molar-refractivity contribution in [2.24, 2.45) is 16.2 Å². The lowest BCUT2D eigenvalue weighted by atomic mass is 9.49. The standard InChI is InChI=1S/C52H60F3N9O7S/c1-29(31-10-12-32(13-11-31)42-30(2)57-28-72-42)58-45(68)40-22-37(65)26-63(40)46(69)43(49(3,4)5)59-41(66)27-70-21-20-35-25-64(62-61-35)36-17-14-33(15-18-36)44(67)60-47-50(6,7)48(51(47,8)9)71-38-19-16-34(24-56)39(23-38)52(53,54)55/h10-19,23,25,28-29,37,40,43,47-48,65H,20-22,26-27H2,1-9H3,(H,58,68)(H,59,66)(H,60,67)/t29?,37-,40+,43-,47-,48-/m1/s1. The van der Waals surface area contributed by atoms with Crippen molar-refractivity contribution in [2.75, 3.05) is 19.8 Å². The van der Waals surface area contributed by atoms with Crippen LogP contribution in [0.15, 0.2) is 78.4 Å². The van der Waals surface area contributed by atoms with E-state index in [0.29, 0.717) is 23.4 Å². The zero-order valence-electron chi connectivity index (χ0n) is 41.6. The van der Waals surface area contributed by atoms with Crippen LogP contribution in [0.2, 0.25) is 0 Å². The zero-order chi connectivity index (χ0) is 52.5. The summed E-state index contributed by atoms with van der Waals surface area (Å²) in [7, 11) is 0. The normalized spacial score (nSPS) is 20.1. The van der Waals surface area contributed by atoms with Crippen LogP contribution in [0, 0.1) is 34.5 Å². The van der Waals surface area contributed by atoms with Crippen LogP contribution in [0.3, 0.4) is 0 Å². The van der Waals surface area contributed by atoms with Crippen LogP contribution in [-0.2, 0) is 31.7 Å². The topological polar surface area (TPSA) is 214 Å². The molecule has 0 bridgehead atoms. The number of ether oxygens (including phenoxy) is 2. The number of aryl methyl sites for hydroxylation is 1. The summed E-state index contributed by atoms with van der Waals surface area (Å²) in [6.07, 6.45) is -4.16. The van der Waals surface area contributed by atoms with Gasteiger partial charge in [0.2, 0.25) is 17.7 Å². The zero-order valence-corrected chi connectivity index (χ0v) is 42.4. The van der Waals surface area contributed by atoms with Gasteiger partial charge in [0.05, 0.1) is 69.6 Å². The minimum absolute atomic E-state index is 0.0224. The number of nitriles is 1. The molecular formula is C52H60F3N9O7S. The van der Waals surface area contributed by atoms with Crippen LogP contribution in [0.5, 0.6) is 5.75 Å². The van der Waals surface area contributed by atoms with E-state index in [9.17, 15) is 42.7 Å². The Labute approximate surface area is 420 Å². The molecule has 3 heterocycles. The molecule has 20 heteroatoms. The number of aliphatic hydroxyl groups excluding tert-OH is 1. The maximum Gasteiger partial charge on any atom is 0.417 e. The molecule has 1 unspecified atom stereocenters. The van der Waals surface area contributed by atoms with Crippen molar-refractivity contribution in [2.45, 2.75) is 118 Å². The van der Waals surface area contributed by atoms with Gasteiger partial charge >= 0.3 is 6.18 Å². The number of carbonyl (C=O) groups excluding carboxylic acids is 4. The molecule has 2 fully saturated rings. The van der Waals surface area contributed by atoms with Crippen molar-refractivity contribution < 1.29 is 46.9 Å². The number of alkyl halides is 3. The molecule has 3 aromatic carbocycles. The van der Waals surface area contributed by atoms with Crippen LogP contribution in [0.25, 0.3) is 16.1 Å². The molecule has 5 aromatic rings. The third-order valence-corrected chi connectivity index (χ3v) is 14.5. The molecule has 1 aliphatic carbocycles. The molecule has 382 valence electrons. The van der Waals surface area contributed by atoms with E-state index in [1.54, 1.807) is 74.2 Å². The lowest BCUT2D eigenvalue weighted by molar-refractivity contribution is -0.164. The predicted molar refractivity (Wildman–Crippen MR) is 262 cm³/mol. The summed E-state index contributed by atoms with van der Waals surface area (Å²) in [5.74, 6) is -1.80. The molecule has 2 aromatic heterocycles. The third-order valence-electron chi connectivity index (χ3n) is 13.5. The number of carbonyl (C=O) groups is 4. The van der Waals surface area contributed by atoms with Crippen molar-refractivity contribution in [1.29, 1.82) is 5.26 Å². The number of nitrogens with zero attached hydrogens (tertiary/aromatic N) is 6.